The second-order valence-electron chi connectivity index (χ2n) is 3.30. The number of nitrogens with one attached hydrogen (secondary N) is 1. The van der Waals surface area contributed by atoms with Gasteiger partial charge in [0.05, 0.1) is 0 Å². The predicted molar refractivity (Wildman–Crippen MR) is 56.6 cm³/mol. The third-order valence-corrected chi connectivity index (χ3v) is 2.23. The summed E-state index contributed by atoms with van der Waals surface area (Å²) in [6.45, 7) is 0. The molecule has 0 saturated heterocycles. The molecule has 2 aromatic rings. The summed E-state index contributed by atoms with van der Waals surface area (Å²) in [5.41, 5.74) is 13.0. The van der Waals surface area contributed by atoms with Crippen molar-refractivity contribution in [2.45, 2.75) is 6.42 Å². The third kappa shape index (κ3) is 1.90. The van der Waals surface area contributed by atoms with Gasteiger partial charge in [0.15, 0.2) is 5.82 Å². The third-order valence-electron chi connectivity index (χ3n) is 2.23. The van der Waals surface area contributed by atoms with Crippen LogP contribution >= 0.6 is 0 Å². The van der Waals surface area contributed by atoms with Gasteiger partial charge in [-0.15, -0.1) is 0 Å². The Morgan fingerprint density at radius 1 is 1.20 bits per heavy atom. The van der Waals surface area contributed by atoms with Crippen molar-refractivity contribution in [2.24, 2.45) is 0 Å². The number of benzene rings is 1. The van der Waals surface area contributed by atoms with Gasteiger partial charge in [-0.05, 0) is 17.7 Å². The Balaban J connectivity index is 2.25. The maximum atomic E-state index is 12.7. The van der Waals surface area contributed by atoms with E-state index < -0.39 is 0 Å². The number of anilines is 2. The number of aromatic amines is 1. The first-order chi connectivity index (χ1) is 7.16. The van der Waals surface area contributed by atoms with Crippen LogP contribution in [0.4, 0.5) is 16.0 Å². The topological polar surface area (TPSA) is 80.7 Å². The van der Waals surface area contributed by atoms with Crippen LogP contribution in [0.1, 0.15) is 11.1 Å². The zero-order valence-electron chi connectivity index (χ0n) is 8.00. The summed E-state index contributed by atoms with van der Waals surface area (Å²) in [5, 5.41) is 6.38. The number of nitrogens with zero attached hydrogens (tertiary/aromatic N) is 1. The van der Waals surface area contributed by atoms with E-state index >= 15 is 0 Å². The molecule has 0 saturated carbocycles. The van der Waals surface area contributed by atoms with Crippen LogP contribution in [0.3, 0.4) is 0 Å². The van der Waals surface area contributed by atoms with E-state index in [0.717, 1.165) is 11.1 Å². The number of hydrogen-bond donors (Lipinski definition) is 3. The van der Waals surface area contributed by atoms with Crippen LogP contribution in [-0.4, -0.2) is 10.2 Å². The number of rotatable bonds is 2. The Labute approximate surface area is 86.1 Å². The Kier molecular flexibility index (Phi) is 2.29. The van der Waals surface area contributed by atoms with E-state index in [2.05, 4.69) is 10.2 Å². The van der Waals surface area contributed by atoms with Crippen molar-refractivity contribution in [1.82, 2.24) is 10.2 Å². The SMILES string of the molecule is Nc1n[nH]c(N)c1Cc1ccc(F)cc1. The van der Waals surface area contributed by atoms with Gasteiger partial charge in [0.2, 0.25) is 0 Å². The van der Waals surface area contributed by atoms with Crippen molar-refractivity contribution in [1.29, 1.82) is 0 Å². The molecule has 0 aliphatic rings. The number of nitrogen functional groups attached to an aromatic ring is 2. The van der Waals surface area contributed by atoms with Crippen LogP contribution in [0.15, 0.2) is 24.3 Å². The van der Waals surface area contributed by atoms with E-state index in [1.54, 1.807) is 12.1 Å². The maximum Gasteiger partial charge on any atom is 0.150 e. The highest BCUT2D eigenvalue weighted by Gasteiger charge is 2.08. The molecule has 0 fully saturated rings. The lowest BCUT2D eigenvalue weighted by atomic mass is 10.1. The molecular weight excluding hydrogens is 195 g/mol. The minimum Gasteiger partial charge on any atom is -0.384 e. The van der Waals surface area contributed by atoms with E-state index in [1.165, 1.54) is 12.1 Å². The van der Waals surface area contributed by atoms with E-state index in [9.17, 15) is 4.39 Å². The summed E-state index contributed by atoms with van der Waals surface area (Å²) in [7, 11) is 0. The lowest BCUT2D eigenvalue weighted by Crippen LogP contribution is -1.97. The highest BCUT2D eigenvalue weighted by molar-refractivity contribution is 5.54. The second kappa shape index (κ2) is 3.61. The normalized spacial score (nSPS) is 10.5. The molecule has 1 aromatic heterocycles. The summed E-state index contributed by atoms with van der Waals surface area (Å²) in [5.74, 6) is 0.584. The monoisotopic (exact) mass is 206 g/mol. The molecule has 0 atom stereocenters. The van der Waals surface area contributed by atoms with Gasteiger partial charge in [-0.25, -0.2) is 4.39 Å². The molecule has 1 heterocycles. The van der Waals surface area contributed by atoms with Crippen molar-refractivity contribution in [3.8, 4) is 0 Å². The molecule has 0 radical (unpaired) electrons. The summed E-state index contributed by atoms with van der Waals surface area (Å²) in [6, 6.07) is 6.20. The number of halogens is 1. The second-order valence-corrected chi connectivity index (χ2v) is 3.30. The van der Waals surface area contributed by atoms with Crippen molar-refractivity contribution < 1.29 is 4.39 Å². The lowest BCUT2D eigenvalue weighted by molar-refractivity contribution is 0.627. The molecule has 78 valence electrons. The molecule has 4 nitrogen and oxygen atoms in total. The van der Waals surface area contributed by atoms with E-state index in [4.69, 9.17) is 11.5 Å². The molecule has 1 aromatic carbocycles. The predicted octanol–water partition coefficient (Wildman–Crippen LogP) is 1.30. The molecule has 0 aliphatic carbocycles. The molecule has 0 amide bonds. The lowest BCUT2D eigenvalue weighted by Gasteiger charge is -2.01. The quantitative estimate of drug-likeness (QED) is 0.692. The minimum absolute atomic E-state index is 0.258. The number of aromatic nitrogens is 2. The highest BCUT2D eigenvalue weighted by Crippen LogP contribution is 2.19. The van der Waals surface area contributed by atoms with Crippen LogP contribution < -0.4 is 11.5 Å². The van der Waals surface area contributed by atoms with E-state index in [0.29, 0.717) is 18.1 Å². The molecule has 0 bridgehead atoms. The standard InChI is InChI=1S/C10H11FN4/c11-7-3-1-6(2-4-7)5-8-9(12)14-15-10(8)13/h1-4H,5H2,(H5,12,13,14,15). The Hall–Kier alpha value is -2.04. The van der Waals surface area contributed by atoms with Gasteiger partial charge in [-0.3, -0.25) is 5.10 Å². The number of nitrogens with two attached hydrogens (primary N) is 2. The van der Waals surface area contributed by atoms with E-state index in [1.807, 2.05) is 0 Å². The maximum absolute atomic E-state index is 12.7. The van der Waals surface area contributed by atoms with Gasteiger partial charge in [0.1, 0.15) is 11.6 Å². The summed E-state index contributed by atoms with van der Waals surface area (Å²) < 4.78 is 12.7. The molecule has 0 aliphatic heterocycles. The van der Waals surface area contributed by atoms with Crippen LogP contribution in [0.2, 0.25) is 0 Å². The summed E-state index contributed by atoms with van der Waals surface area (Å²) in [6.07, 6.45) is 0.550. The highest BCUT2D eigenvalue weighted by atomic mass is 19.1. The van der Waals surface area contributed by atoms with Gasteiger partial charge >= 0.3 is 0 Å². The van der Waals surface area contributed by atoms with Crippen LogP contribution in [0, 0.1) is 5.82 Å². The largest absolute Gasteiger partial charge is 0.384 e. The minimum atomic E-state index is -0.258. The zero-order valence-corrected chi connectivity index (χ0v) is 8.00. The molecule has 2 rings (SSSR count). The first kappa shape index (κ1) is 9.51. The van der Waals surface area contributed by atoms with Crippen molar-refractivity contribution >= 4 is 11.6 Å². The molecule has 0 spiro atoms. The summed E-state index contributed by atoms with van der Waals surface area (Å²) >= 11 is 0. The van der Waals surface area contributed by atoms with Crippen molar-refractivity contribution in [3.63, 3.8) is 0 Å². The van der Waals surface area contributed by atoms with Crippen molar-refractivity contribution in [2.75, 3.05) is 11.5 Å². The molecule has 0 unspecified atom stereocenters. The Morgan fingerprint density at radius 2 is 1.87 bits per heavy atom. The average Bonchev–Trinajstić information content (AvgIpc) is 2.53. The van der Waals surface area contributed by atoms with Gasteiger partial charge in [-0.1, -0.05) is 12.1 Å². The molecule has 15 heavy (non-hydrogen) atoms. The first-order valence-electron chi connectivity index (χ1n) is 4.49. The number of H-pyrrole nitrogens is 1. The zero-order chi connectivity index (χ0) is 10.8. The Morgan fingerprint density at radius 3 is 2.40 bits per heavy atom. The smallest absolute Gasteiger partial charge is 0.150 e. The fourth-order valence-electron chi connectivity index (χ4n) is 1.39. The first-order valence-corrected chi connectivity index (χ1v) is 4.49. The van der Waals surface area contributed by atoms with Gasteiger partial charge in [0, 0.05) is 12.0 Å². The molecule has 5 N–H and O–H groups in total. The number of hydrogen-bond acceptors (Lipinski definition) is 3. The van der Waals surface area contributed by atoms with Gasteiger partial charge in [-0.2, -0.15) is 5.10 Å². The van der Waals surface area contributed by atoms with Crippen LogP contribution in [0.5, 0.6) is 0 Å². The molecular formula is C10H11FN4. The summed E-state index contributed by atoms with van der Waals surface area (Å²) in [4.78, 5) is 0. The van der Waals surface area contributed by atoms with Crippen molar-refractivity contribution in [3.05, 3.63) is 41.2 Å². The van der Waals surface area contributed by atoms with E-state index in [-0.39, 0.29) is 5.82 Å². The van der Waals surface area contributed by atoms with Gasteiger partial charge < -0.3 is 11.5 Å². The fourth-order valence-corrected chi connectivity index (χ4v) is 1.39. The average molecular weight is 206 g/mol. The van der Waals surface area contributed by atoms with Crippen LogP contribution in [-0.2, 0) is 6.42 Å². The van der Waals surface area contributed by atoms with Crippen LogP contribution in [0.25, 0.3) is 0 Å². The fraction of sp³-hybridized carbons (Fsp3) is 0.100. The van der Waals surface area contributed by atoms with Gasteiger partial charge in [0.25, 0.3) is 0 Å². The molecule has 5 heteroatoms. The Bertz CT molecular complexity index is 441.